The Morgan fingerprint density at radius 3 is 1.17 bits per heavy atom. The van der Waals surface area contributed by atoms with Gasteiger partial charge in [0.25, 0.3) is 0 Å². The molecule has 0 aromatic rings. The summed E-state index contributed by atoms with van der Waals surface area (Å²) in [5.74, 6) is -9.58. The number of carboxylic acid groups (broad SMARTS) is 2. The summed E-state index contributed by atoms with van der Waals surface area (Å²) in [6.45, 7) is 0. The molecule has 0 amide bonds. The van der Waals surface area contributed by atoms with Gasteiger partial charge < -0.3 is 35.0 Å². The van der Waals surface area contributed by atoms with Crippen LogP contribution in [-0.2, 0) is 38.2 Å². The van der Waals surface area contributed by atoms with E-state index in [-0.39, 0.29) is 178 Å². The van der Waals surface area contributed by atoms with Gasteiger partial charge in [-0.1, -0.05) is 0 Å². The molecular weight excluding hydrogens is 510 g/mol. The van der Waals surface area contributed by atoms with Crippen molar-refractivity contribution in [1.29, 1.82) is 0 Å². The van der Waals surface area contributed by atoms with E-state index in [0.717, 1.165) is 0 Å². The number of carbonyl (C=O) groups excluding carboxylic acids is 4. The van der Waals surface area contributed by atoms with Crippen LogP contribution in [0.5, 0.6) is 0 Å². The third-order valence-corrected chi connectivity index (χ3v) is 2.36. The van der Waals surface area contributed by atoms with Crippen molar-refractivity contribution >= 4 is 214 Å². The molecule has 0 spiro atoms. The molecule has 0 bridgehead atoms. The van der Waals surface area contributed by atoms with Crippen molar-refractivity contribution in [3.05, 3.63) is 0 Å². The Bertz CT molecular complexity index is 586. The maximum absolute atomic E-state index is 11.3. The second kappa shape index (κ2) is 22.7. The molecule has 0 rings (SSSR count). The number of ether oxygens (including phenoxy) is 2. The summed E-state index contributed by atoms with van der Waals surface area (Å²) in [6, 6.07) is 0. The first-order chi connectivity index (χ1) is 11.4. The molecule has 0 aliphatic rings. The average molecular weight is 531 g/mol. The molecule has 3 atom stereocenters. The van der Waals surface area contributed by atoms with Crippen LogP contribution in [-0.4, -0.2) is 258 Å². The van der Waals surface area contributed by atoms with Crippen LogP contribution in [0.1, 0.15) is 19.3 Å². The van der Waals surface area contributed by atoms with Crippen molar-refractivity contribution in [2.24, 2.45) is 0 Å². The van der Waals surface area contributed by atoms with Gasteiger partial charge in [-0.05, 0) is 0 Å². The molecule has 152 valence electrons. The third kappa shape index (κ3) is 21.2. The second-order valence-corrected chi connectivity index (χ2v) is 4.48. The van der Waals surface area contributed by atoms with Crippen molar-refractivity contribution in [3.63, 3.8) is 0 Å². The molecule has 0 aromatic heterocycles. The van der Waals surface area contributed by atoms with Gasteiger partial charge in [0.2, 0.25) is 0 Å². The van der Waals surface area contributed by atoms with E-state index in [4.69, 9.17) is 20.4 Å². The number of rotatable bonds is 9. The summed E-state index contributed by atoms with van der Waals surface area (Å²) >= 11 is 0. The molecule has 17 heteroatoms. The second-order valence-electron chi connectivity index (χ2n) is 4.48. The number of aliphatic hydroxyl groups is 3. The topological polar surface area (TPSA) is 222 Å². The van der Waals surface area contributed by atoms with Gasteiger partial charge >= 0.3 is 214 Å². The molecule has 0 aliphatic heterocycles. The van der Waals surface area contributed by atoms with Crippen LogP contribution in [0.4, 0.5) is 0 Å². The normalized spacial score (nSPS) is 12.0. The monoisotopic (exact) mass is 530 g/mol. The van der Waals surface area contributed by atoms with E-state index in [0.29, 0.717) is 0 Å². The van der Waals surface area contributed by atoms with E-state index in [1.54, 1.807) is 0 Å². The number of aliphatic carboxylic acids is 2. The molecule has 0 radical (unpaired) electrons. The van der Waals surface area contributed by atoms with E-state index in [9.17, 15) is 33.9 Å². The Labute approximate surface area is 308 Å². The zero-order valence-corrected chi connectivity index (χ0v) is 12.4. The van der Waals surface area contributed by atoms with Gasteiger partial charge in [-0.25, -0.2) is 14.4 Å². The van der Waals surface area contributed by atoms with E-state index >= 15 is 0 Å². The summed E-state index contributed by atoms with van der Waals surface area (Å²) in [5, 5.41) is 43.7. The molecule has 13 nitrogen and oxygen atoms in total. The van der Waals surface area contributed by atoms with Crippen LogP contribution in [0.3, 0.4) is 0 Å². The number of carboxylic acids is 2. The van der Waals surface area contributed by atoms with E-state index in [1.165, 1.54) is 0 Å². The first-order valence-electron chi connectivity index (χ1n) is 6.41. The molecule has 3 unspecified atom stereocenters. The van der Waals surface area contributed by atoms with Crippen molar-refractivity contribution in [3.8, 4) is 0 Å². The van der Waals surface area contributed by atoms with Crippen LogP contribution < -0.4 is 0 Å². The molecule has 0 aromatic carbocycles. The maximum atomic E-state index is 11.3. The Morgan fingerprint density at radius 1 is 0.586 bits per heavy atom. The van der Waals surface area contributed by atoms with E-state index < -0.39 is 73.4 Å². The molecule has 0 aliphatic carbocycles. The fraction of sp³-hybridized carbons (Fsp3) is 0.500. The van der Waals surface area contributed by atoms with Crippen LogP contribution in [0.15, 0.2) is 0 Å². The van der Waals surface area contributed by atoms with E-state index in [2.05, 4.69) is 9.47 Å². The Kier molecular flexibility index (Phi) is 32.9. The Morgan fingerprint density at radius 2 is 0.862 bits per heavy atom. The Balaban J connectivity index is -0.000000480. The summed E-state index contributed by atoms with van der Waals surface area (Å²) in [7, 11) is 0. The van der Waals surface area contributed by atoms with Crippen molar-refractivity contribution in [2.45, 2.75) is 37.6 Å². The molecule has 0 heterocycles. The van der Waals surface area contributed by atoms with Crippen molar-refractivity contribution < 1.29 is 63.8 Å². The molecule has 0 saturated heterocycles. The predicted octanol–water partition coefficient (Wildman–Crippen LogP) is -6.58. The predicted molar refractivity (Wildman–Crippen MR) is 101 cm³/mol. The molecular formula is C12H20Ca2K2O13. The quantitative estimate of drug-likeness (QED) is 0.106. The SMILES string of the molecule is O=C(CC(O)C(=O)O)OC(=O)CC(O)C(=O)OC(=O)CC(O)C(=O)O.[CaH2].[CaH2].[KH].[KH]. The van der Waals surface area contributed by atoms with Crippen LogP contribution in [0.2, 0.25) is 0 Å². The fourth-order valence-corrected chi connectivity index (χ4v) is 1.16. The minimum atomic E-state index is -2.25. The van der Waals surface area contributed by atoms with Crippen LogP contribution >= 0.6 is 0 Å². The number of carbonyl (C=O) groups is 6. The van der Waals surface area contributed by atoms with Crippen LogP contribution in [0.25, 0.3) is 0 Å². The third-order valence-electron chi connectivity index (χ3n) is 2.36. The van der Waals surface area contributed by atoms with E-state index in [1.807, 2.05) is 0 Å². The summed E-state index contributed by atoms with van der Waals surface area (Å²) < 4.78 is 7.99. The van der Waals surface area contributed by atoms with Gasteiger partial charge in [-0.3, -0.25) is 14.4 Å². The first kappa shape index (κ1) is 42.1. The summed E-state index contributed by atoms with van der Waals surface area (Å²) in [6.07, 6.45) is -9.82. The van der Waals surface area contributed by atoms with Crippen molar-refractivity contribution in [1.82, 2.24) is 0 Å². The van der Waals surface area contributed by atoms with Crippen LogP contribution in [0, 0.1) is 0 Å². The molecule has 29 heavy (non-hydrogen) atoms. The number of hydrogen-bond donors (Lipinski definition) is 5. The zero-order valence-electron chi connectivity index (χ0n) is 12.4. The molecule has 0 saturated carbocycles. The Hall–Kier alpha value is 2.89. The van der Waals surface area contributed by atoms with Gasteiger partial charge in [0.05, 0.1) is 19.3 Å². The molecule has 5 N–H and O–H groups in total. The van der Waals surface area contributed by atoms with Gasteiger partial charge in [0.1, 0.15) is 0 Å². The molecule has 0 fully saturated rings. The van der Waals surface area contributed by atoms with Gasteiger partial charge in [-0.2, -0.15) is 0 Å². The standard InChI is InChI=1S/C12H14O13.2Ca.2K.6H/c13-4(10(19)20)1-7(16)24-8(17)3-6(15)12(23)25-9(18)2-5(14)11(21)22;;;;;;;;;;/h4-6,13-15H,1-3H2,(H,19,20)(H,21,22);;;;;;;;;;. The fourth-order valence-electron chi connectivity index (χ4n) is 1.16. The minimum absolute atomic E-state index is 0. The zero-order chi connectivity index (χ0) is 19.7. The van der Waals surface area contributed by atoms with Gasteiger partial charge in [-0.15, -0.1) is 0 Å². The van der Waals surface area contributed by atoms with Gasteiger partial charge in [0, 0.05) is 0 Å². The van der Waals surface area contributed by atoms with Gasteiger partial charge in [0.15, 0.2) is 18.3 Å². The van der Waals surface area contributed by atoms with Crippen molar-refractivity contribution in [2.75, 3.05) is 0 Å². The summed E-state index contributed by atoms with van der Waals surface area (Å²) in [5.41, 5.74) is 0. The summed E-state index contributed by atoms with van der Waals surface area (Å²) in [4.78, 5) is 65.2. The number of hydrogen-bond acceptors (Lipinski definition) is 11. The average Bonchev–Trinajstić information content (AvgIpc) is 2.45. The number of esters is 4. The number of aliphatic hydroxyl groups excluding tert-OH is 3. The first-order valence-corrected chi connectivity index (χ1v) is 6.41.